The van der Waals surface area contributed by atoms with Crippen LogP contribution in [0.15, 0.2) is 17.3 Å². The molecule has 1 N–H and O–H groups in total. The van der Waals surface area contributed by atoms with Gasteiger partial charge in [-0.15, -0.1) is 4.91 Å². The minimum atomic E-state index is -0.598. The van der Waals surface area contributed by atoms with Crippen LogP contribution < -0.4 is 5.32 Å². The number of halogens is 1. The second kappa shape index (κ2) is 3.69. The SMILES string of the molecule is O=Nc1ccc(F)nc1NC1CCC1. The van der Waals surface area contributed by atoms with E-state index in [1.807, 2.05) is 0 Å². The van der Waals surface area contributed by atoms with Gasteiger partial charge in [0.25, 0.3) is 0 Å². The van der Waals surface area contributed by atoms with Crippen molar-refractivity contribution in [1.29, 1.82) is 0 Å². The molecule has 0 atom stereocenters. The molecule has 5 heteroatoms. The Bertz CT molecular complexity index is 352. The lowest BCUT2D eigenvalue weighted by Crippen LogP contribution is -2.27. The molecule has 0 radical (unpaired) electrons. The molecular formula is C9H10FN3O. The first-order valence-corrected chi connectivity index (χ1v) is 4.56. The molecule has 0 spiro atoms. The van der Waals surface area contributed by atoms with Crippen LogP contribution in [0.4, 0.5) is 15.9 Å². The Hall–Kier alpha value is -1.52. The average molecular weight is 195 g/mol. The summed E-state index contributed by atoms with van der Waals surface area (Å²) in [5.41, 5.74) is 0.165. The lowest BCUT2D eigenvalue weighted by atomic mass is 9.93. The normalized spacial score (nSPS) is 16.1. The average Bonchev–Trinajstić information content (AvgIpc) is 2.12. The number of nitrogens with zero attached hydrogens (tertiary/aromatic N) is 2. The van der Waals surface area contributed by atoms with E-state index in [-0.39, 0.29) is 11.5 Å². The van der Waals surface area contributed by atoms with Crippen molar-refractivity contribution >= 4 is 11.5 Å². The fraction of sp³-hybridized carbons (Fsp3) is 0.444. The summed E-state index contributed by atoms with van der Waals surface area (Å²) in [6.45, 7) is 0. The van der Waals surface area contributed by atoms with Gasteiger partial charge in [-0.05, 0) is 36.6 Å². The molecule has 0 amide bonds. The lowest BCUT2D eigenvalue weighted by molar-refractivity contribution is 0.443. The smallest absolute Gasteiger partial charge is 0.214 e. The standard InChI is InChI=1S/C9H10FN3O/c10-8-5-4-7(13-14)9(12-8)11-6-2-1-3-6/h4-6H,1-3H2,(H,11,12). The van der Waals surface area contributed by atoms with Gasteiger partial charge in [-0.25, -0.2) is 4.98 Å². The van der Waals surface area contributed by atoms with Crippen molar-refractivity contribution in [1.82, 2.24) is 4.98 Å². The third kappa shape index (κ3) is 1.71. The molecule has 1 saturated carbocycles. The van der Waals surface area contributed by atoms with Crippen molar-refractivity contribution in [3.8, 4) is 0 Å². The third-order valence-electron chi connectivity index (χ3n) is 2.38. The van der Waals surface area contributed by atoms with Gasteiger partial charge in [0, 0.05) is 6.04 Å². The predicted octanol–water partition coefficient (Wildman–Crippen LogP) is 2.58. The van der Waals surface area contributed by atoms with Crippen LogP contribution in [0.5, 0.6) is 0 Å². The molecule has 1 aromatic heterocycles. The Balaban J connectivity index is 2.19. The first kappa shape index (κ1) is 9.05. The lowest BCUT2D eigenvalue weighted by Gasteiger charge is -2.27. The highest BCUT2D eigenvalue weighted by Gasteiger charge is 2.19. The van der Waals surface area contributed by atoms with Crippen molar-refractivity contribution in [3.63, 3.8) is 0 Å². The molecule has 1 aromatic rings. The quantitative estimate of drug-likeness (QED) is 0.595. The summed E-state index contributed by atoms with van der Waals surface area (Å²) in [6, 6.07) is 2.77. The van der Waals surface area contributed by atoms with Gasteiger partial charge in [0.1, 0.15) is 5.69 Å². The summed E-state index contributed by atoms with van der Waals surface area (Å²) in [7, 11) is 0. The van der Waals surface area contributed by atoms with Crippen LogP contribution in [-0.2, 0) is 0 Å². The van der Waals surface area contributed by atoms with Gasteiger partial charge >= 0.3 is 0 Å². The molecule has 0 bridgehead atoms. The number of nitroso groups, excluding NO2 is 1. The predicted molar refractivity (Wildman–Crippen MR) is 50.9 cm³/mol. The van der Waals surface area contributed by atoms with Crippen molar-refractivity contribution in [2.24, 2.45) is 5.18 Å². The van der Waals surface area contributed by atoms with Crippen LogP contribution in [-0.4, -0.2) is 11.0 Å². The minimum absolute atomic E-state index is 0.165. The zero-order valence-electron chi connectivity index (χ0n) is 7.53. The minimum Gasteiger partial charge on any atom is -0.365 e. The summed E-state index contributed by atoms with van der Waals surface area (Å²) in [6.07, 6.45) is 3.24. The Morgan fingerprint density at radius 1 is 1.50 bits per heavy atom. The molecular weight excluding hydrogens is 185 g/mol. The topological polar surface area (TPSA) is 54.4 Å². The van der Waals surface area contributed by atoms with Crippen LogP contribution in [0, 0.1) is 10.9 Å². The van der Waals surface area contributed by atoms with E-state index in [1.54, 1.807) is 0 Å². The van der Waals surface area contributed by atoms with Crippen LogP contribution in [0.2, 0.25) is 0 Å². The highest BCUT2D eigenvalue weighted by molar-refractivity contribution is 5.60. The molecule has 1 fully saturated rings. The monoisotopic (exact) mass is 195 g/mol. The molecule has 0 aliphatic heterocycles. The van der Waals surface area contributed by atoms with Gasteiger partial charge in [-0.2, -0.15) is 4.39 Å². The van der Waals surface area contributed by atoms with E-state index in [0.29, 0.717) is 6.04 Å². The second-order valence-electron chi connectivity index (χ2n) is 3.37. The largest absolute Gasteiger partial charge is 0.365 e. The fourth-order valence-corrected chi connectivity index (χ4v) is 1.35. The maximum absolute atomic E-state index is 12.8. The number of hydrogen-bond acceptors (Lipinski definition) is 4. The summed E-state index contributed by atoms with van der Waals surface area (Å²) in [4.78, 5) is 14.0. The summed E-state index contributed by atoms with van der Waals surface area (Å²) in [5.74, 6) is -0.344. The Morgan fingerprint density at radius 3 is 2.86 bits per heavy atom. The van der Waals surface area contributed by atoms with E-state index in [4.69, 9.17) is 0 Å². The highest BCUT2D eigenvalue weighted by atomic mass is 19.1. The van der Waals surface area contributed by atoms with Crippen molar-refractivity contribution < 1.29 is 4.39 Å². The first-order valence-electron chi connectivity index (χ1n) is 4.56. The fourth-order valence-electron chi connectivity index (χ4n) is 1.35. The molecule has 0 unspecified atom stereocenters. The Kier molecular flexibility index (Phi) is 2.39. The summed E-state index contributed by atoms with van der Waals surface area (Å²) >= 11 is 0. The Labute approximate surface area is 80.5 Å². The number of nitrogens with one attached hydrogen (secondary N) is 1. The van der Waals surface area contributed by atoms with E-state index in [1.165, 1.54) is 6.07 Å². The third-order valence-corrected chi connectivity index (χ3v) is 2.38. The van der Waals surface area contributed by atoms with Gasteiger partial charge in [0.15, 0.2) is 5.82 Å². The number of aromatic nitrogens is 1. The Morgan fingerprint density at radius 2 is 2.29 bits per heavy atom. The molecule has 1 aliphatic carbocycles. The molecule has 1 aliphatic rings. The van der Waals surface area contributed by atoms with Gasteiger partial charge in [-0.1, -0.05) is 0 Å². The van der Waals surface area contributed by atoms with Gasteiger partial charge in [0.2, 0.25) is 5.95 Å². The molecule has 2 rings (SSSR count). The van der Waals surface area contributed by atoms with Gasteiger partial charge < -0.3 is 5.32 Å². The first-order chi connectivity index (χ1) is 6.79. The van der Waals surface area contributed by atoms with Crippen molar-refractivity contribution in [3.05, 3.63) is 23.0 Å². The molecule has 1 heterocycles. The van der Waals surface area contributed by atoms with E-state index in [0.717, 1.165) is 25.3 Å². The molecule has 14 heavy (non-hydrogen) atoms. The zero-order valence-corrected chi connectivity index (χ0v) is 7.53. The van der Waals surface area contributed by atoms with Gasteiger partial charge in [-0.3, -0.25) is 0 Å². The number of pyridine rings is 1. The molecule has 0 saturated heterocycles. The number of rotatable bonds is 3. The van der Waals surface area contributed by atoms with Crippen LogP contribution in [0.3, 0.4) is 0 Å². The van der Waals surface area contributed by atoms with Gasteiger partial charge in [0.05, 0.1) is 0 Å². The van der Waals surface area contributed by atoms with Crippen molar-refractivity contribution in [2.75, 3.05) is 5.32 Å². The van der Waals surface area contributed by atoms with E-state index < -0.39 is 5.95 Å². The maximum Gasteiger partial charge on any atom is 0.214 e. The van der Waals surface area contributed by atoms with E-state index in [9.17, 15) is 9.30 Å². The summed E-state index contributed by atoms with van der Waals surface area (Å²) in [5, 5.41) is 5.78. The molecule has 0 aromatic carbocycles. The van der Waals surface area contributed by atoms with E-state index in [2.05, 4.69) is 15.5 Å². The van der Waals surface area contributed by atoms with Crippen molar-refractivity contribution in [2.45, 2.75) is 25.3 Å². The summed E-state index contributed by atoms with van der Waals surface area (Å²) < 4.78 is 12.8. The number of anilines is 1. The molecule has 74 valence electrons. The maximum atomic E-state index is 12.8. The van der Waals surface area contributed by atoms with Crippen LogP contribution in [0.25, 0.3) is 0 Å². The van der Waals surface area contributed by atoms with Crippen LogP contribution >= 0.6 is 0 Å². The van der Waals surface area contributed by atoms with E-state index >= 15 is 0 Å². The molecule has 4 nitrogen and oxygen atoms in total. The van der Waals surface area contributed by atoms with Crippen LogP contribution in [0.1, 0.15) is 19.3 Å². The number of hydrogen-bond donors (Lipinski definition) is 1. The second-order valence-corrected chi connectivity index (χ2v) is 3.37. The zero-order chi connectivity index (χ0) is 9.97. The highest BCUT2D eigenvalue weighted by Crippen LogP contribution is 2.28.